The minimum Gasteiger partial charge on any atom is -0.543 e. The first-order chi connectivity index (χ1) is 7.76. The van der Waals surface area contributed by atoms with Crippen molar-refractivity contribution >= 4 is 14.8 Å². The Morgan fingerprint density at radius 3 is 1.94 bits per heavy atom. The van der Waals surface area contributed by atoms with E-state index in [9.17, 15) is 4.79 Å². The van der Waals surface area contributed by atoms with E-state index in [-0.39, 0.29) is 5.04 Å². The number of carbonyl (C=O) groups is 1. The number of rotatable bonds is 4. The summed E-state index contributed by atoms with van der Waals surface area (Å²) in [5.41, 5.74) is 0. The minimum atomic E-state index is -1.79. The van der Waals surface area contributed by atoms with Crippen molar-refractivity contribution in [1.29, 1.82) is 0 Å². The van der Waals surface area contributed by atoms with Crippen LogP contribution in [0.15, 0.2) is 24.3 Å². The second-order valence-corrected chi connectivity index (χ2v) is 10.3. The summed E-state index contributed by atoms with van der Waals surface area (Å²) < 4.78 is 10.8. The van der Waals surface area contributed by atoms with Gasteiger partial charge in [-0.3, -0.25) is 4.79 Å². The Labute approximate surface area is 104 Å². The zero-order valence-corrected chi connectivity index (χ0v) is 12.1. The van der Waals surface area contributed by atoms with Gasteiger partial charge >= 0.3 is 0 Å². The molecular formula is C13H20O3Si. The van der Waals surface area contributed by atoms with Gasteiger partial charge in [-0.05, 0) is 42.4 Å². The molecule has 0 aliphatic rings. The molecular weight excluding hydrogens is 232 g/mol. The minimum absolute atomic E-state index is 0.172. The highest BCUT2D eigenvalue weighted by molar-refractivity contribution is 6.74. The molecule has 3 nitrogen and oxygen atoms in total. The van der Waals surface area contributed by atoms with Crippen molar-refractivity contribution in [3.8, 4) is 11.5 Å². The second-order valence-electron chi connectivity index (χ2n) is 5.55. The van der Waals surface area contributed by atoms with Crippen LogP contribution < -0.4 is 9.16 Å². The molecule has 0 aliphatic heterocycles. The Kier molecular flexibility index (Phi) is 3.98. The summed E-state index contributed by atoms with van der Waals surface area (Å²) in [5, 5.41) is 0.172. The van der Waals surface area contributed by atoms with Crippen molar-refractivity contribution in [2.24, 2.45) is 0 Å². The van der Waals surface area contributed by atoms with Crippen LogP contribution in [-0.4, -0.2) is 14.8 Å². The van der Waals surface area contributed by atoms with Gasteiger partial charge in [0.25, 0.3) is 6.47 Å². The summed E-state index contributed by atoms with van der Waals surface area (Å²) in [4.78, 5) is 10.2. The van der Waals surface area contributed by atoms with Crippen molar-refractivity contribution in [3.05, 3.63) is 24.3 Å². The van der Waals surface area contributed by atoms with E-state index in [1.54, 1.807) is 12.1 Å². The van der Waals surface area contributed by atoms with Crippen LogP contribution >= 0.6 is 0 Å². The summed E-state index contributed by atoms with van der Waals surface area (Å²) in [7, 11) is -1.79. The molecule has 0 N–H and O–H groups in total. The van der Waals surface area contributed by atoms with E-state index in [1.165, 1.54) is 0 Å². The molecule has 0 aliphatic carbocycles. The summed E-state index contributed by atoms with van der Waals surface area (Å²) in [6.45, 7) is 11.4. The molecule has 0 radical (unpaired) electrons. The maximum absolute atomic E-state index is 10.2. The molecule has 0 saturated carbocycles. The van der Waals surface area contributed by atoms with Crippen LogP contribution in [0, 0.1) is 0 Å². The Morgan fingerprint density at radius 1 is 1.06 bits per heavy atom. The number of ether oxygens (including phenoxy) is 1. The number of carbonyl (C=O) groups excluding carboxylic acids is 1. The molecule has 0 fully saturated rings. The first kappa shape index (κ1) is 13.8. The number of hydrogen-bond acceptors (Lipinski definition) is 3. The third-order valence-corrected chi connectivity index (χ3v) is 7.55. The van der Waals surface area contributed by atoms with Crippen LogP contribution in [0.3, 0.4) is 0 Å². The van der Waals surface area contributed by atoms with Gasteiger partial charge in [0.1, 0.15) is 11.5 Å². The number of benzene rings is 1. The maximum Gasteiger partial charge on any atom is 0.298 e. The Bertz CT molecular complexity index is 377. The first-order valence-electron chi connectivity index (χ1n) is 5.66. The van der Waals surface area contributed by atoms with Gasteiger partial charge in [0.05, 0.1) is 0 Å². The van der Waals surface area contributed by atoms with Crippen LogP contribution in [0.5, 0.6) is 11.5 Å². The van der Waals surface area contributed by atoms with E-state index in [0.717, 1.165) is 5.75 Å². The van der Waals surface area contributed by atoms with E-state index in [0.29, 0.717) is 12.2 Å². The molecule has 0 spiro atoms. The second kappa shape index (κ2) is 4.92. The lowest BCUT2D eigenvalue weighted by Crippen LogP contribution is -2.43. The van der Waals surface area contributed by atoms with Gasteiger partial charge in [0, 0.05) is 0 Å². The Morgan fingerprint density at radius 2 is 1.53 bits per heavy atom. The summed E-state index contributed by atoms with van der Waals surface area (Å²) in [6, 6.07) is 7.13. The van der Waals surface area contributed by atoms with Gasteiger partial charge in [0.15, 0.2) is 0 Å². The van der Waals surface area contributed by atoms with E-state index in [4.69, 9.17) is 9.16 Å². The summed E-state index contributed by atoms with van der Waals surface area (Å²) in [6.07, 6.45) is 0. The van der Waals surface area contributed by atoms with Crippen LogP contribution in [-0.2, 0) is 4.79 Å². The molecule has 4 heteroatoms. The third-order valence-electron chi connectivity index (χ3n) is 3.19. The maximum atomic E-state index is 10.2. The van der Waals surface area contributed by atoms with Crippen molar-refractivity contribution in [1.82, 2.24) is 0 Å². The molecule has 0 amide bonds. The van der Waals surface area contributed by atoms with Gasteiger partial charge < -0.3 is 9.16 Å². The van der Waals surface area contributed by atoms with Crippen LogP contribution in [0.2, 0.25) is 18.1 Å². The summed E-state index contributed by atoms with van der Waals surface area (Å²) in [5.74, 6) is 1.36. The lowest BCUT2D eigenvalue weighted by atomic mass is 10.2. The average Bonchev–Trinajstić information content (AvgIpc) is 2.19. The molecule has 1 aromatic rings. The molecule has 94 valence electrons. The van der Waals surface area contributed by atoms with Gasteiger partial charge in [-0.15, -0.1) is 0 Å². The lowest BCUT2D eigenvalue weighted by Gasteiger charge is -2.36. The van der Waals surface area contributed by atoms with E-state index < -0.39 is 8.32 Å². The molecule has 1 aromatic carbocycles. The highest BCUT2D eigenvalue weighted by Crippen LogP contribution is 2.37. The van der Waals surface area contributed by atoms with Gasteiger partial charge in [-0.25, -0.2) is 0 Å². The topological polar surface area (TPSA) is 35.5 Å². The van der Waals surface area contributed by atoms with Gasteiger partial charge in [0.2, 0.25) is 8.32 Å². The van der Waals surface area contributed by atoms with E-state index in [2.05, 4.69) is 33.9 Å². The zero-order chi connectivity index (χ0) is 13.1. The predicted octanol–water partition coefficient (Wildman–Crippen LogP) is 3.61. The Hall–Kier alpha value is -1.29. The zero-order valence-electron chi connectivity index (χ0n) is 11.1. The van der Waals surface area contributed by atoms with Crippen molar-refractivity contribution in [2.75, 3.05) is 0 Å². The predicted molar refractivity (Wildman–Crippen MR) is 71.0 cm³/mol. The molecule has 1 rings (SSSR count). The first-order valence-corrected chi connectivity index (χ1v) is 8.56. The fourth-order valence-electron chi connectivity index (χ4n) is 1.09. The van der Waals surface area contributed by atoms with Gasteiger partial charge in [-0.2, -0.15) is 0 Å². The van der Waals surface area contributed by atoms with Crippen molar-refractivity contribution in [3.63, 3.8) is 0 Å². The summed E-state index contributed by atoms with van der Waals surface area (Å²) >= 11 is 0. The fraction of sp³-hybridized carbons (Fsp3) is 0.462. The highest BCUT2D eigenvalue weighted by Gasteiger charge is 2.38. The van der Waals surface area contributed by atoms with Crippen LogP contribution in [0.4, 0.5) is 0 Å². The number of hydrogen-bond donors (Lipinski definition) is 0. The SMILES string of the molecule is CC(C)(C)[Si](C)(C)Oc1ccc(OC=O)cc1. The average molecular weight is 252 g/mol. The van der Waals surface area contributed by atoms with Crippen molar-refractivity contribution < 1.29 is 14.0 Å². The normalized spacial score (nSPS) is 12.1. The monoisotopic (exact) mass is 252 g/mol. The molecule has 0 saturated heterocycles. The molecule has 0 aromatic heterocycles. The molecule has 0 unspecified atom stereocenters. The molecule has 0 heterocycles. The standard InChI is InChI=1S/C13H20O3Si/c1-13(2,3)17(4,5)16-12-8-6-11(7-9-12)15-10-14/h6-10H,1-5H3. The van der Waals surface area contributed by atoms with E-state index in [1.807, 2.05) is 12.1 Å². The highest BCUT2D eigenvalue weighted by atomic mass is 28.4. The van der Waals surface area contributed by atoms with Crippen LogP contribution in [0.1, 0.15) is 20.8 Å². The Balaban J connectivity index is 2.79. The van der Waals surface area contributed by atoms with E-state index >= 15 is 0 Å². The van der Waals surface area contributed by atoms with Crippen LogP contribution in [0.25, 0.3) is 0 Å². The lowest BCUT2D eigenvalue weighted by molar-refractivity contribution is -0.120. The fourth-order valence-corrected chi connectivity index (χ4v) is 2.12. The molecule has 0 bridgehead atoms. The van der Waals surface area contributed by atoms with Crippen molar-refractivity contribution in [2.45, 2.75) is 38.9 Å². The molecule has 17 heavy (non-hydrogen) atoms. The molecule has 0 atom stereocenters. The third kappa shape index (κ3) is 3.59. The largest absolute Gasteiger partial charge is 0.543 e. The van der Waals surface area contributed by atoms with Gasteiger partial charge in [-0.1, -0.05) is 20.8 Å². The smallest absolute Gasteiger partial charge is 0.298 e. The quantitative estimate of drug-likeness (QED) is 0.606.